The number of hydrogen-bond acceptors (Lipinski definition) is 3. The molecule has 0 rings (SSSR count). The van der Waals surface area contributed by atoms with Gasteiger partial charge < -0.3 is 10.4 Å². The molecule has 4 heteroatoms. The first-order valence-corrected chi connectivity index (χ1v) is 3.66. The Morgan fingerprint density at radius 2 is 2.27 bits per heavy atom. The number of likely N-dealkylation sites (N-methyl/N-ethyl adjacent to an activating group) is 2. The van der Waals surface area contributed by atoms with E-state index in [-0.39, 0.29) is 18.6 Å². The molecule has 11 heavy (non-hydrogen) atoms. The first-order valence-electron chi connectivity index (χ1n) is 3.66. The Balaban J connectivity index is 3.80. The maximum Gasteiger partial charge on any atom is 0.236 e. The summed E-state index contributed by atoms with van der Waals surface area (Å²) in [5.41, 5.74) is 0. The Labute approximate surface area is 67.2 Å². The largest absolute Gasteiger partial charge is 0.395 e. The minimum absolute atomic E-state index is 0.0269. The quantitative estimate of drug-likeness (QED) is 0.557. The summed E-state index contributed by atoms with van der Waals surface area (Å²) >= 11 is 0. The lowest BCUT2D eigenvalue weighted by Gasteiger charge is -2.21. The van der Waals surface area contributed by atoms with Crippen molar-refractivity contribution in [2.45, 2.75) is 13.0 Å². The number of hydrogen-bond donors (Lipinski definition) is 2. The van der Waals surface area contributed by atoms with Crippen LogP contribution in [0.25, 0.3) is 0 Å². The van der Waals surface area contributed by atoms with Crippen LogP contribution in [0, 0.1) is 0 Å². The van der Waals surface area contributed by atoms with Gasteiger partial charge in [-0.2, -0.15) is 0 Å². The molecular weight excluding hydrogens is 144 g/mol. The first kappa shape index (κ1) is 10.4. The van der Waals surface area contributed by atoms with Crippen LogP contribution in [0.5, 0.6) is 0 Å². The zero-order chi connectivity index (χ0) is 8.85. The molecule has 0 aromatic carbocycles. The molecule has 0 bridgehead atoms. The fourth-order valence-corrected chi connectivity index (χ4v) is 0.760. The molecule has 1 unspecified atom stereocenters. The van der Waals surface area contributed by atoms with Crippen LogP contribution in [-0.2, 0) is 4.79 Å². The molecule has 0 aliphatic heterocycles. The van der Waals surface area contributed by atoms with E-state index < -0.39 is 0 Å². The lowest BCUT2D eigenvalue weighted by Crippen LogP contribution is -2.42. The Kier molecular flexibility index (Phi) is 4.81. The van der Waals surface area contributed by atoms with Gasteiger partial charge in [-0.15, -0.1) is 0 Å². The molecule has 0 aliphatic rings. The fraction of sp³-hybridized carbons (Fsp3) is 0.857. The van der Waals surface area contributed by atoms with E-state index >= 15 is 0 Å². The van der Waals surface area contributed by atoms with Crippen molar-refractivity contribution in [3.05, 3.63) is 0 Å². The number of amides is 1. The molecule has 0 aromatic rings. The van der Waals surface area contributed by atoms with Crippen LogP contribution in [0.15, 0.2) is 0 Å². The highest BCUT2D eigenvalue weighted by molar-refractivity contribution is 5.80. The average Bonchev–Trinajstić information content (AvgIpc) is 2.02. The van der Waals surface area contributed by atoms with Crippen molar-refractivity contribution in [3.8, 4) is 0 Å². The Hall–Kier alpha value is -0.610. The van der Waals surface area contributed by atoms with Crippen molar-refractivity contribution in [1.29, 1.82) is 0 Å². The maximum atomic E-state index is 11.0. The number of aliphatic hydroxyl groups is 1. The van der Waals surface area contributed by atoms with Gasteiger partial charge in [0.25, 0.3) is 0 Å². The second-order valence-electron chi connectivity index (χ2n) is 2.49. The molecule has 0 saturated carbocycles. The third kappa shape index (κ3) is 3.34. The number of aliphatic hydroxyl groups excluding tert-OH is 1. The van der Waals surface area contributed by atoms with E-state index in [0.29, 0.717) is 6.54 Å². The summed E-state index contributed by atoms with van der Waals surface area (Å²) < 4.78 is 0. The van der Waals surface area contributed by atoms with E-state index in [9.17, 15) is 4.79 Å². The number of carbonyl (C=O) groups excluding carboxylic acids is 1. The molecule has 1 atom stereocenters. The predicted molar refractivity (Wildman–Crippen MR) is 43.2 cm³/mol. The Morgan fingerprint density at radius 1 is 1.73 bits per heavy atom. The third-order valence-electron chi connectivity index (χ3n) is 1.74. The van der Waals surface area contributed by atoms with E-state index in [1.807, 2.05) is 0 Å². The first-order chi connectivity index (χ1) is 5.13. The van der Waals surface area contributed by atoms with Gasteiger partial charge in [-0.05, 0) is 14.0 Å². The highest BCUT2D eigenvalue weighted by Gasteiger charge is 2.14. The Bertz CT molecular complexity index is 128. The second-order valence-corrected chi connectivity index (χ2v) is 2.49. The van der Waals surface area contributed by atoms with E-state index in [2.05, 4.69) is 5.32 Å². The van der Waals surface area contributed by atoms with Gasteiger partial charge >= 0.3 is 0 Å². The molecule has 66 valence electrons. The van der Waals surface area contributed by atoms with Gasteiger partial charge in [0.1, 0.15) is 0 Å². The molecule has 4 nitrogen and oxygen atoms in total. The van der Waals surface area contributed by atoms with Gasteiger partial charge in [0.15, 0.2) is 0 Å². The van der Waals surface area contributed by atoms with Crippen LogP contribution in [0.4, 0.5) is 0 Å². The van der Waals surface area contributed by atoms with Gasteiger partial charge in [-0.25, -0.2) is 0 Å². The number of carbonyl (C=O) groups is 1. The SMILES string of the molecule is CNC(=O)C(C)N(C)CCO. The summed E-state index contributed by atoms with van der Waals surface area (Å²) in [6, 6.07) is -0.174. The molecule has 0 fully saturated rings. The van der Waals surface area contributed by atoms with Crippen molar-refractivity contribution in [2.75, 3.05) is 27.2 Å². The van der Waals surface area contributed by atoms with Crippen molar-refractivity contribution >= 4 is 5.91 Å². The van der Waals surface area contributed by atoms with Crippen LogP contribution in [-0.4, -0.2) is 49.2 Å². The van der Waals surface area contributed by atoms with Crippen LogP contribution in [0.1, 0.15) is 6.92 Å². The minimum atomic E-state index is -0.174. The second kappa shape index (κ2) is 5.09. The summed E-state index contributed by atoms with van der Waals surface area (Å²) in [6.07, 6.45) is 0. The molecule has 0 aromatic heterocycles. The summed E-state index contributed by atoms with van der Waals surface area (Å²) in [5, 5.41) is 11.1. The van der Waals surface area contributed by atoms with Crippen LogP contribution in [0.3, 0.4) is 0 Å². The minimum Gasteiger partial charge on any atom is -0.395 e. The van der Waals surface area contributed by atoms with Gasteiger partial charge in [0.2, 0.25) is 5.91 Å². The zero-order valence-corrected chi connectivity index (χ0v) is 7.29. The Morgan fingerprint density at radius 3 is 2.64 bits per heavy atom. The number of nitrogens with zero attached hydrogens (tertiary/aromatic N) is 1. The number of nitrogens with one attached hydrogen (secondary N) is 1. The zero-order valence-electron chi connectivity index (χ0n) is 7.29. The average molecular weight is 160 g/mol. The molecular formula is C7H16N2O2. The summed E-state index contributed by atoms with van der Waals surface area (Å²) in [4.78, 5) is 12.8. The molecule has 0 spiro atoms. The van der Waals surface area contributed by atoms with Gasteiger partial charge in [-0.3, -0.25) is 9.69 Å². The van der Waals surface area contributed by atoms with E-state index in [1.165, 1.54) is 0 Å². The lowest BCUT2D eigenvalue weighted by molar-refractivity contribution is -0.125. The van der Waals surface area contributed by atoms with Crippen molar-refractivity contribution < 1.29 is 9.90 Å². The van der Waals surface area contributed by atoms with E-state index in [1.54, 1.807) is 25.9 Å². The number of rotatable bonds is 4. The third-order valence-corrected chi connectivity index (χ3v) is 1.74. The molecule has 0 radical (unpaired) electrons. The summed E-state index contributed by atoms with van der Waals surface area (Å²) in [7, 11) is 3.40. The molecule has 0 aliphatic carbocycles. The maximum absolute atomic E-state index is 11.0. The van der Waals surface area contributed by atoms with Gasteiger partial charge in [0, 0.05) is 13.6 Å². The molecule has 1 amide bonds. The normalized spacial score (nSPS) is 13.2. The smallest absolute Gasteiger partial charge is 0.236 e. The topological polar surface area (TPSA) is 52.6 Å². The van der Waals surface area contributed by atoms with Crippen LogP contribution >= 0.6 is 0 Å². The van der Waals surface area contributed by atoms with Crippen molar-refractivity contribution in [1.82, 2.24) is 10.2 Å². The monoisotopic (exact) mass is 160 g/mol. The highest BCUT2D eigenvalue weighted by atomic mass is 16.3. The lowest BCUT2D eigenvalue weighted by atomic mass is 10.3. The molecule has 0 saturated heterocycles. The summed E-state index contributed by atoms with van der Waals surface area (Å²) in [5.74, 6) is -0.0269. The fourth-order valence-electron chi connectivity index (χ4n) is 0.760. The van der Waals surface area contributed by atoms with Crippen LogP contribution in [0.2, 0.25) is 0 Å². The summed E-state index contributed by atoms with van der Waals surface area (Å²) in [6.45, 7) is 2.40. The van der Waals surface area contributed by atoms with Crippen molar-refractivity contribution in [2.24, 2.45) is 0 Å². The van der Waals surface area contributed by atoms with E-state index in [4.69, 9.17) is 5.11 Å². The highest BCUT2D eigenvalue weighted by Crippen LogP contribution is 1.93. The predicted octanol–water partition coefficient (Wildman–Crippen LogP) is -0.955. The van der Waals surface area contributed by atoms with Gasteiger partial charge in [0.05, 0.1) is 12.6 Å². The molecule has 0 heterocycles. The molecule has 2 N–H and O–H groups in total. The standard InChI is InChI=1S/C7H16N2O2/c1-6(7(11)8-2)9(3)4-5-10/h6,10H,4-5H2,1-3H3,(H,8,11). The van der Waals surface area contributed by atoms with Gasteiger partial charge in [-0.1, -0.05) is 0 Å². The van der Waals surface area contributed by atoms with Crippen LogP contribution < -0.4 is 5.32 Å². The van der Waals surface area contributed by atoms with Crippen molar-refractivity contribution in [3.63, 3.8) is 0 Å². The van der Waals surface area contributed by atoms with E-state index in [0.717, 1.165) is 0 Å².